The van der Waals surface area contributed by atoms with E-state index in [-0.39, 0.29) is 12.7 Å². The van der Waals surface area contributed by atoms with Gasteiger partial charge in [-0.25, -0.2) is 0 Å². The van der Waals surface area contributed by atoms with Crippen LogP contribution in [0, 0.1) is 6.92 Å². The molecule has 1 aliphatic rings. The van der Waals surface area contributed by atoms with Crippen LogP contribution in [0.3, 0.4) is 0 Å². The fraction of sp³-hybridized carbons (Fsp3) is 0.647. The lowest BCUT2D eigenvalue weighted by atomic mass is 10.1. The zero-order valence-electron chi connectivity index (χ0n) is 13.4. The topological polar surface area (TPSA) is 44.7 Å². The van der Waals surface area contributed by atoms with Crippen LogP contribution in [-0.2, 0) is 11.3 Å². The van der Waals surface area contributed by atoms with E-state index in [1.165, 1.54) is 16.8 Å². The summed E-state index contributed by atoms with van der Waals surface area (Å²) in [6.07, 6.45) is 1.08. The first-order valence-electron chi connectivity index (χ1n) is 7.95. The van der Waals surface area contributed by atoms with Gasteiger partial charge in [-0.15, -0.1) is 0 Å². The van der Waals surface area contributed by atoms with Gasteiger partial charge in [-0.2, -0.15) is 0 Å². The Bertz CT molecular complexity index is 450. The number of nitrogens with zero attached hydrogens (tertiary/aromatic N) is 1. The maximum Gasteiger partial charge on any atom is 0.0981 e. The summed E-state index contributed by atoms with van der Waals surface area (Å²) in [5.74, 6) is 0. The highest BCUT2D eigenvalue weighted by Gasteiger charge is 2.26. The second kappa shape index (κ2) is 7.78. The highest BCUT2D eigenvalue weighted by Crippen LogP contribution is 2.26. The largest absolute Gasteiger partial charge is 0.394 e. The fourth-order valence-corrected chi connectivity index (χ4v) is 2.82. The molecular weight excluding hydrogens is 264 g/mol. The molecule has 0 radical (unpaired) electrons. The van der Waals surface area contributed by atoms with Crippen molar-refractivity contribution in [1.29, 1.82) is 0 Å². The van der Waals surface area contributed by atoms with Gasteiger partial charge in [0, 0.05) is 24.8 Å². The van der Waals surface area contributed by atoms with E-state index in [1.54, 1.807) is 0 Å². The quantitative estimate of drug-likeness (QED) is 0.788. The third-order valence-electron chi connectivity index (χ3n) is 4.04. The smallest absolute Gasteiger partial charge is 0.0981 e. The predicted octanol–water partition coefficient (Wildman–Crippen LogP) is 2.08. The summed E-state index contributed by atoms with van der Waals surface area (Å²) in [6.45, 7) is 10.0. The van der Waals surface area contributed by atoms with Gasteiger partial charge in [0.05, 0.1) is 19.3 Å². The molecule has 0 aromatic heterocycles. The Kier molecular flexibility index (Phi) is 6.03. The van der Waals surface area contributed by atoms with Crippen LogP contribution < -0.4 is 10.2 Å². The van der Waals surface area contributed by atoms with Gasteiger partial charge in [0.1, 0.15) is 0 Å². The number of aliphatic hydroxyl groups is 1. The number of morpholine rings is 1. The monoisotopic (exact) mass is 292 g/mol. The third kappa shape index (κ3) is 4.19. The minimum atomic E-state index is -0.0773. The Balaban J connectivity index is 2.08. The van der Waals surface area contributed by atoms with Gasteiger partial charge in [-0.1, -0.05) is 19.1 Å². The lowest BCUT2D eigenvalue weighted by molar-refractivity contribution is -0.0103. The maximum absolute atomic E-state index is 9.32. The molecule has 0 bridgehead atoms. The van der Waals surface area contributed by atoms with Crippen molar-refractivity contribution in [1.82, 2.24) is 5.32 Å². The zero-order valence-corrected chi connectivity index (χ0v) is 13.4. The van der Waals surface area contributed by atoms with E-state index < -0.39 is 0 Å². The maximum atomic E-state index is 9.32. The van der Waals surface area contributed by atoms with Gasteiger partial charge in [-0.3, -0.25) is 0 Å². The molecule has 2 rings (SSSR count). The molecule has 0 saturated carbocycles. The van der Waals surface area contributed by atoms with Gasteiger partial charge in [0.2, 0.25) is 0 Å². The van der Waals surface area contributed by atoms with Crippen LogP contribution in [0.25, 0.3) is 0 Å². The first kappa shape index (κ1) is 16.3. The standard InChI is InChI=1S/C17H28N2O2/c1-4-7-18-9-15-5-6-17(13(2)8-15)19-10-16(11-20)21-12-14(19)3/h5-6,8,14,16,18,20H,4,7,9-12H2,1-3H3. The summed E-state index contributed by atoms with van der Waals surface area (Å²) in [6, 6.07) is 7.00. The van der Waals surface area contributed by atoms with Crippen LogP contribution in [0.15, 0.2) is 18.2 Å². The molecule has 1 aromatic rings. The first-order valence-corrected chi connectivity index (χ1v) is 7.95. The Hall–Kier alpha value is -1.10. The molecule has 1 fully saturated rings. The van der Waals surface area contributed by atoms with Crippen molar-refractivity contribution in [3.63, 3.8) is 0 Å². The molecule has 2 unspecified atom stereocenters. The van der Waals surface area contributed by atoms with Crippen molar-refractivity contribution in [3.8, 4) is 0 Å². The summed E-state index contributed by atoms with van der Waals surface area (Å²) < 4.78 is 5.62. The molecule has 0 spiro atoms. The fourth-order valence-electron chi connectivity index (χ4n) is 2.82. The molecule has 1 aliphatic heterocycles. The molecule has 0 amide bonds. The molecule has 1 aromatic carbocycles. The molecule has 4 nitrogen and oxygen atoms in total. The van der Waals surface area contributed by atoms with Crippen LogP contribution in [0.5, 0.6) is 0 Å². The Morgan fingerprint density at radius 2 is 2.24 bits per heavy atom. The third-order valence-corrected chi connectivity index (χ3v) is 4.04. The molecule has 1 heterocycles. The first-order chi connectivity index (χ1) is 10.2. The number of rotatable bonds is 6. The number of aryl methyl sites for hydroxylation is 1. The van der Waals surface area contributed by atoms with Gasteiger partial charge < -0.3 is 20.1 Å². The number of benzene rings is 1. The molecule has 2 atom stereocenters. The molecule has 118 valence electrons. The van der Waals surface area contributed by atoms with E-state index in [0.29, 0.717) is 12.6 Å². The van der Waals surface area contributed by atoms with E-state index >= 15 is 0 Å². The summed E-state index contributed by atoms with van der Waals surface area (Å²) in [5, 5.41) is 12.8. The van der Waals surface area contributed by atoms with Crippen molar-refractivity contribution >= 4 is 5.69 Å². The van der Waals surface area contributed by atoms with Gasteiger partial charge in [-0.05, 0) is 44.0 Å². The average molecular weight is 292 g/mol. The lowest BCUT2D eigenvalue weighted by Crippen LogP contribution is -2.49. The highest BCUT2D eigenvalue weighted by atomic mass is 16.5. The normalized spacial score (nSPS) is 22.6. The molecule has 0 aliphatic carbocycles. The van der Waals surface area contributed by atoms with Crippen molar-refractivity contribution < 1.29 is 9.84 Å². The van der Waals surface area contributed by atoms with Crippen LogP contribution in [0.2, 0.25) is 0 Å². The Morgan fingerprint density at radius 1 is 1.43 bits per heavy atom. The Morgan fingerprint density at radius 3 is 2.90 bits per heavy atom. The van der Waals surface area contributed by atoms with Crippen LogP contribution >= 0.6 is 0 Å². The number of hydrogen-bond acceptors (Lipinski definition) is 4. The summed E-state index contributed by atoms with van der Waals surface area (Å²) in [7, 11) is 0. The molecular formula is C17H28N2O2. The lowest BCUT2D eigenvalue weighted by Gasteiger charge is -2.40. The zero-order chi connectivity index (χ0) is 15.2. The number of ether oxygens (including phenoxy) is 1. The molecule has 2 N–H and O–H groups in total. The minimum Gasteiger partial charge on any atom is -0.394 e. The number of anilines is 1. The SMILES string of the molecule is CCCNCc1ccc(N2CC(CO)OCC2C)c(C)c1. The van der Waals surface area contributed by atoms with E-state index in [4.69, 9.17) is 4.74 Å². The summed E-state index contributed by atoms with van der Waals surface area (Å²) in [4.78, 5) is 2.35. The van der Waals surface area contributed by atoms with Crippen molar-refractivity contribution in [2.24, 2.45) is 0 Å². The van der Waals surface area contributed by atoms with E-state index in [2.05, 4.69) is 49.2 Å². The minimum absolute atomic E-state index is 0.0773. The second-order valence-electron chi connectivity index (χ2n) is 5.94. The van der Waals surface area contributed by atoms with Crippen molar-refractivity contribution in [3.05, 3.63) is 29.3 Å². The molecule has 4 heteroatoms. The number of hydrogen-bond donors (Lipinski definition) is 2. The van der Waals surface area contributed by atoms with Crippen LogP contribution in [0.1, 0.15) is 31.4 Å². The van der Waals surface area contributed by atoms with Gasteiger partial charge in [0.25, 0.3) is 0 Å². The van der Waals surface area contributed by atoms with Crippen molar-refractivity contribution in [2.75, 3.05) is 31.2 Å². The predicted molar refractivity (Wildman–Crippen MR) is 86.8 cm³/mol. The second-order valence-corrected chi connectivity index (χ2v) is 5.94. The number of aliphatic hydroxyl groups excluding tert-OH is 1. The summed E-state index contributed by atoms with van der Waals surface area (Å²) in [5.41, 5.74) is 3.86. The molecule has 21 heavy (non-hydrogen) atoms. The summed E-state index contributed by atoms with van der Waals surface area (Å²) >= 11 is 0. The van der Waals surface area contributed by atoms with Crippen LogP contribution in [-0.4, -0.2) is 43.6 Å². The Labute approximate surface area is 128 Å². The van der Waals surface area contributed by atoms with Crippen molar-refractivity contribution in [2.45, 2.75) is 45.9 Å². The van der Waals surface area contributed by atoms with Gasteiger partial charge in [0.15, 0.2) is 0 Å². The van der Waals surface area contributed by atoms with Crippen LogP contribution in [0.4, 0.5) is 5.69 Å². The molecule has 1 saturated heterocycles. The van der Waals surface area contributed by atoms with E-state index in [1.807, 2.05) is 0 Å². The highest BCUT2D eigenvalue weighted by molar-refractivity contribution is 5.55. The van der Waals surface area contributed by atoms with E-state index in [0.717, 1.165) is 26.1 Å². The number of nitrogens with one attached hydrogen (secondary N) is 1. The van der Waals surface area contributed by atoms with E-state index in [9.17, 15) is 5.11 Å². The average Bonchev–Trinajstić information content (AvgIpc) is 2.49. The van der Waals surface area contributed by atoms with Gasteiger partial charge >= 0.3 is 0 Å².